The van der Waals surface area contributed by atoms with Crippen LogP contribution < -0.4 is 23.8 Å². The third-order valence-electron chi connectivity index (χ3n) is 6.87. The van der Waals surface area contributed by atoms with E-state index in [-0.39, 0.29) is 45.1 Å². The molecule has 0 saturated heterocycles. The third-order valence-corrected chi connectivity index (χ3v) is 9.45. The molecule has 0 unspecified atom stereocenters. The number of nitrogens with zero attached hydrogens (tertiary/aromatic N) is 2. The number of methoxy groups -OCH3 is 3. The number of hydrogen-bond acceptors (Lipinski definition) is 7. The molecule has 0 bridgehead atoms. The van der Waals surface area contributed by atoms with Gasteiger partial charge in [0.2, 0.25) is 11.8 Å². The number of halogens is 3. The minimum Gasteiger partial charge on any atom is -0.495 e. The number of hydrogen-bond donors (Lipinski definition) is 1. The lowest BCUT2D eigenvalue weighted by atomic mass is 10.1. The van der Waals surface area contributed by atoms with E-state index in [9.17, 15) is 18.0 Å². The first-order valence-corrected chi connectivity index (χ1v) is 16.8. The van der Waals surface area contributed by atoms with Crippen molar-refractivity contribution in [1.82, 2.24) is 10.2 Å². The van der Waals surface area contributed by atoms with E-state index in [0.717, 1.165) is 4.31 Å². The fourth-order valence-corrected chi connectivity index (χ4v) is 6.75. The van der Waals surface area contributed by atoms with Crippen LogP contribution in [0.1, 0.15) is 39.7 Å². The Hall–Kier alpha value is -3.38. The lowest BCUT2D eigenvalue weighted by molar-refractivity contribution is -0.141. The molecular weight excluding hydrogens is 677 g/mol. The molecule has 0 saturated carbocycles. The molecule has 0 aromatic heterocycles. The molecule has 250 valence electrons. The molecule has 1 atom stereocenters. The molecule has 0 aliphatic carbocycles. The van der Waals surface area contributed by atoms with E-state index in [1.165, 1.54) is 68.7 Å². The maximum atomic E-state index is 14.4. The molecule has 3 aromatic carbocycles. The lowest BCUT2D eigenvalue weighted by Gasteiger charge is -2.35. The largest absolute Gasteiger partial charge is 0.495 e. The van der Waals surface area contributed by atoms with Crippen LogP contribution in [0, 0.1) is 0 Å². The number of nitrogens with one attached hydrogen (secondary N) is 1. The molecule has 3 aromatic rings. The highest BCUT2D eigenvalue weighted by atomic mass is 35.5. The Morgan fingerprint density at radius 2 is 1.43 bits per heavy atom. The van der Waals surface area contributed by atoms with Crippen molar-refractivity contribution >= 4 is 62.3 Å². The van der Waals surface area contributed by atoms with Crippen molar-refractivity contribution in [3.63, 3.8) is 0 Å². The summed E-state index contributed by atoms with van der Waals surface area (Å²) in [5.74, 6) is -0.481. The summed E-state index contributed by atoms with van der Waals surface area (Å²) >= 11 is 18.9. The predicted molar refractivity (Wildman–Crippen MR) is 181 cm³/mol. The van der Waals surface area contributed by atoms with Gasteiger partial charge >= 0.3 is 0 Å². The minimum atomic E-state index is -4.49. The van der Waals surface area contributed by atoms with Gasteiger partial charge < -0.3 is 24.4 Å². The van der Waals surface area contributed by atoms with E-state index in [1.54, 1.807) is 19.1 Å². The van der Waals surface area contributed by atoms with Gasteiger partial charge in [0.05, 0.1) is 31.9 Å². The predicted octanol–water partition coefficient (Wildman–Crippen LogP) is 6.59. The summed E-state index contributed by atoms with van der Waals surface area (Å²) in [6.45, 7) is 6.39. The Balaban J connectivity index is 2.21. The molecule has 0 heterocycles. The monoisotopic (exact) mass is 713 g/mol. The summed E-state index contributed by atoms with van der Waals surface area (Å²) in [6.07, 6.45) is 0.224. The zero-order valence-corrected chi connectivity index (χ0v) is 29.8. The molecule has 10 nitrogen and oxygen atoms in total. The highest BCUT2D eigenvalue weighted by Gasteiger charge is 2.36. The van der Waals surface area contributed by atoms with E-state index in [0.29, 0.717) is 16.3 Å². The summed E-state index contributed by atoms with van der Waals surface area (Å²) in [7, 11) is -0.317. The topological polar surface area (TPSA) is 114 Å². The second kappa shape index (κ2) is 15.5. The molecule has 0 aliphatic heterocycles. The van der Waals surface area contributed by atoms with Crippen LogP contribution in [0.4, 0.5) is 5.69 Å². The first-order valence-electron chi connectivity index (χ1n) is 14.2. The number of anilines is 1. The number of carbonyl (C=O) groups is 2. The summed E-state index contributed by atoms with van der Waals surface area (Å²) < 4.78 is 45.8. The number of carbonyl (C=O) groups excluding carboxylic acids is 2. The van der Waals surface area contributed by atoms with Gasteiger partial charge in [0, 0.05) is 33.2 Å². The SMILES string of the molecule is CC[C@H](C(=O)NC(C)(C)C)N(Cc1ccc(Cl)cc1Cl)C(=O)CN(c1cc(Cl)ccc1OC)S(=O)(=O)c1ccc(OC)c(OC)c1. The van der Waals surface area contributed by atoms with Crippen LogP contribution >= 0.6 is 34.8 Å². The Kier molecular flexibility index (Phi) is 12.5. The zero-order chi connectivity index (χ0) is 34.4. The molecule has 0 fully saturated rings. The molecule has 1 N–H and O–H groups in total. The van der Waals surface area contributed by atoms with Gasteiger partial charge in [-0.1, -0.05) is 47.8 Å². The van der Waals surface area contributed by atoms with Crippen molar-refractivity contribution in [2.24, 2.45) is 0 Å². The third kappa shape index (κ3) is 8.90. The number of amides is 2. The Labute approximate surface area is 285 Å². The Morgan fingerprint density at radius 1 is 0.848 bits per heavy atom. The normalized spacial score (nSPS) is 12.2. The van der Waals surface area contributed by atoms with Crippen molar-refractivity contribution in [2.45, 2.75) is 57.1 Å². The second-order valence-corrected chi connectivity index (χ2v) is 14.4. The van der Waals surface area contributed by atoms with E-state index < -0.39 is 40.0 Å². The first kappa shape index (κ1) is 37.1. The van der Waals surface area contributed by atoms with E-state index in [2.05, 4.69) is 5.32 Å². The number of rotatable bonds is 13. The molecule has 46 heavy (non-hydrogen) atoms. The average Bonchev–Trinajstić information content (AvgIpc) is 2.99. The van der Waals surface area contributed by atoms with Gasteiger partial charge in [-0.2, -0.15) is 0 Å². The Morgan fingerprint density at radius 3 is 2.00 bits per heavy atom. The van der Waals surface area contributed by atoms with Gasteiger partial charge in [-0.05, 0) is 75.2 Å². The minimum absolute atomic E-state index is 0.00908. The van der Waals surface area contributed by atoms with Gasteiger partial charge in [-0.15, -0.1) is 0 Å². The summed E-state index contributed by atoms with van der Waals surface area (Å²) in [6, 6.07) is 12.3. The fourth-order valence-electron chi connectivity index (χ4n) is 4.68. The van der Waals surface area contributed by atoms with Gasteiger partial charge in [0.1, 0.15) is 18.3 Å². The zero-order valence-electron chi connectivity index (χ0n) is 26.7. The van der Waals surface area contributed by atoms with Crippen LogP contribution in [-0.2, 0) is 26.2 Å². The molecule has 0 aliphatic rings. The van der Waals surface area contributed by atoms with Crippen LogP contribution in [0.25, 0.3) is 0 Å². The lowest BCUT2D eigenvalue weighted by Crippen LogP contribution is -2.55. The first-order chi connectivity index (χ1) is 21.6. The molecule has 0 spiro atoms. The van der Waals surface area contributed by atoms with Gasteiger partial charge in [0.25, 0.3) is 10.0 Å². The van der Waals surface area contributed by atoms with Gasteiger partial charge in [-0.3, -0.25) is 13.9 Å². The number of sulfonamides is 1. The van der Waals surface area contributed by atoms with Gasteiger partial charge in [0.15, 0.2) is 11.5 Å². The quantitative estimate of drug-likeness (QED) is 0.213. The maximum absolute atomic E-state index is 14.4. The molecule has 2 amide bonds. The van der Waals surface area contributed by atoms with E-state index in [1.807, 2.05) is 20.8 Å². The average molecular weight is 715 g/mol. The van der Waals surface area contributed by atoms with Crippen molar-refractivity contribution in [1.29, 1.82) is 0 Å². The Bertz CT molecular complexity index is 1680. The van der Waals surface area contributed by atoms with Crippen LogP contribution in [0.2, 0.25) is 15.1 Å². The van der Waals surface area contributed by atoms with Gasteiger partial charge in [-0.25, -0.2) is 8.42 Å². The van der Waals surface area contributed by atoms with Crippen LogP contribution in [0.15, 0.2) is 59.5 Å². The molecule has 14 heteroatoms. The van der Waals surface area contributed by atoms with E-state index in [4.69, 9.17) is 49.0 Å². The maximum Gasteiger partial charge on any atom is 0.265 e. The summed E-state index contributed by atoms with van der Waals surface area (Å²) in [5, 5.41) is 3.80. The van der Waals surface area contributed by atoms with E-state index >= 15 is 0 Å². The highest BCUT2D eigenvalue weighted by molar-refractivity contribution is 7.92. The van der Waals surface area contributed by atoms with Crippen LogP contribution in [0.3, 0.4) is 0 Å². The fraction of sp³-hybridized carbons (Fsp3) is 0.375. The van der Waals surface area contributed by atoms with Crippen LogP contribution in [-0.4, -0.2) is 64.6 Å². The number of ether oxygens (including phenoxy) is 3. The van der Waals surface area contributed by atoms with Crippen molar-refractivity contribution in [2.75, 3.05) is 32.2 Å². The van der Waals surface area contributed by atoms with Crippen molar-refractivity contribution < 1.29 is 32.2 Å². The smallest absolute Gasteiger partial charge is 0.265 e. The molecule has 3 rings (SSSR count). The standard InChI is InChI=1S/C32H38Cl3N3O7S/c1-8-25(31(40)36-32(2,3)4)37(18-20-9-10-21(33)15-24(20)35)30(39)19-38(26-16-22(34)11-13-27(26)43-5)46(41,42)23-12-14-28(44-6)29(17-23)45-7/h9-17,25H,8,18-19H2,1-7H3,(H,36,40)/t25-/m1/s1. The second-order valence-electron chi connectivity index (χ2n) is 11.3. The van der Waals surface area contributed by atoms with Crippen molar-refractivity contribution in [3.05, 3.63) is 75.2 Å². The number of benzene rings is 3. The summed E-state index contributed by atoms with van der Waals surface area (Å²) in [4.78, 5) is 29.1. The summed E-state index contributed by atoms with van der Waals surface area (Å²) in [5.41, 5.74) is -0.0838. The molecular formula is C32H38Cl3N3O7S. The molecule has 0 radical (unpaired) electrons. The van der Waals surface area contributed by atoms with Crippen LogP contribution in [0.5, 0.6) is 17.2 Å². The highest BCUT2D eigenvalue weighted by Crippen LogP contribution is 2.37. The van der Waals surface area contributed by atoms with Crippen molar-refractivity contribution in [3.8, 4) is 17.2 Å².